The average Bonchev–Trinajstić information content (AvgIpc) is 2.37. The molecule has 0 aliphatic carbocycles. The Balaban J connectivity index is 2.19. The fourth-order valence-electron chi connectivity index (χ4n) is 1.51. The van der Waals surface area contributed by atoms with Crippen LogP contribution in [0.5, 0.6) is 0 Å². The van der Waals surface area contributed by atoms with Crippen LogP contribution in [0.3, 0.4) is 0 Å². The molecule has 2 atom stereocenters. The number of carboxylic acid groups (broad SMARTS) is 1. The SMILES string of the molecule is CC(Nc1ccc2nccnc2n1)C(C)C(=O)O. The second kappa shape index (κ2) is 4.95. The molecule has 2 N–H and O–H groups in total. The molecule has 0 fully saturated rings. The Morgan fingerprint density at radius 3 is 2.72 bits per heavy atom. The molecule has 2 rings (SSSR count). The van der Waals surface area contributed by atoms with Crippen LogP contribution in [-0.2, 0) is 4.79 Å². The van der Waals surface area contributed by atoms with Crippen LogP contribution in [0.25, 0.3) is 11.2 Å². The van der Waals surface area contributed by atoms with Gasteiger partial charge in [0.15, 0.2) is 5.65 Å². The number of pyridine rings is 1. The number of carboxylic acids is 1. The van der Waals surface area contributed by atoms with E-state index in [2.05, 4.69) is 20.3 Å². The van der Waals surface area contributed by atoms with Crippen molar-refractivity contribution in [2.75, 3.05) is 5.32 Å². The van der Waals surface area contributed by atoms with Gasteiger partial charge in [-0.25, -0.2) is 9.97 Å². The summed E-state index contributed by atoms with van der Waals surface area (Å²) in [7, 11) is 0. The van der Waals surface area contributed by atoms with Gasteiger partial charge in [0, 0.05) is 18.4 Å². The molecule has 0 amide bonds. The van der Waals surface area contributed by atoms with Gasteiger partial charge in [-0.3, -0.25) is 9.78 Å². The van der Waals surface area contributed by atoms with Gasteiger partial charge in [-0.15, -0.1) is 0 Å². The molecule has 0 aliphatic rings. The van der Waals surface area contributed by atoms with Crippen molar-refractivity contribution < 1.29 is 9.90 Å². The molecular weight excluding hydrogens is 232 g/mol. The van der Waals surface area contributed by atoms with E-state index in [9.17, 15) is 4.79 Å². The summed E-state index contributed by atoms with van der Waals surface area (Å²) >= 11 is 0. The number of aromatic nitrogens is 3. The zero-order chi connectivity index (χ0) is 13.1. The molecule has 0 aliphatic heterocycles. The van der Waals surface area contributed by atoms with Gasteiger partial charge in [0.25, 0.3) is 0 Å². The number of nitrogens with one attached hydrogen (secondary N) is 1. The standard InChI is InChI=1S/C12H14N4O2/c1-7(12(17)18)8(2)15-10-4-3-9-11(16-10)14-6-5-13-9/h3-8H,1-2H3,(H,17,18)(H,14,15,16). The normalized spacial score (nSPS) is 14.1. The molecule has 2 aromatic heterocycles. The minimum atomic E-state index is -0.837. The zero-order valence-electron chi connectivity index (χ0n) is 10.2. The molecule has 0 spiro atoms. The van der Waals surface area contributed by atoms with E-state index < -0.39 is 11.9 Å². The van der Waals surface area contributed by atoms with E-state index in [0.717, 1.165) is 0 Å². The Morgan fingerprint density at radius 2 is 2.00 bits per heavy atom. The Morgan fingerprint density at radius 1 is 1.28 bits per heavy atom. The van der Waals surface area contributed by atoms with Crippen LogP contribution in [0.4, 0.5) is 5.82 Å². The van der Waals surface area contributed by atoms with Crippen LogP contribution in [0.1, 0.15) is 13.8 Å². The van der Waals surface area contributed by atoms with E-state index in [1.807, 2.05) is 0 Å². The number of nitrogens with zero attached hydrogens (tertiary/aromatic N) is 3. The fourth-order valence-corrected chi connectivity index (χ4v) is 1.51. The largest absolute Gasteiger partial charge is 0.481 e. The van der Waals surface area contributed by atoms with Gasteiger partial charge in [0.2, 0.25) is 0 Å². The highest BCUT2D eigenvalue weighted by atomic mass is 16.4. The number of hydrogen-bond donors (Lipinski definition) is 2. The lowest BCUT2D eigenvalue weighted by Crippen LogP contribution is -2.30. The molecule has 0 radical (unpaired) electrons. The predicted octanol–water partition coefficient (Wildman–Crippen LogP) is 1.55. The molecule has 0 saturated carbocycles. The molecule has 94 valence electrons. The van der Waals surface area contributed by atoms with Crippen molar-refractivity contribution >= 4 is 23.0 Å². The Hall–Kier alpha value is -2.24. The minimum absolute atomic E-state index is 0.218. The Bertz CT molecular complexity index is 573. The summed E-state index contributed by atoms with van der Waals surface area (Å²) in [6.45, 7) is 3.46. The van der Waals surface area contributed by atoms with E-state index in [1.165, 1.54) is 0 Å². The number of rotatable bonds is 4. The Kier molecular flexibility index (Phi) is 3.36. The maximum absolute atomic E-state index is 10.9. The lowest BCUT2D eigenvalue weighted by molar-refractivity contribution is -0.141. The number of aliphatic carboxylic acids is 1. The van der Waals surface area contributed by atoms with Crippen molar-refractivity contribution in [3.8, 4) is 0 Å². The highest BCUT2D eigenvalue weighted by molar-refractivity contribution is 5.73. The molecule has 2 heterocycles. The fraction of sp³-hybridized carbons (Fsp3) is 0.333. The average molecular weight is 246 g/mol. The second-order valence-corrected chi connectivity index (χ2v) is 4.16. The van der Waals surface area contributed by atoms with Gasteiger partial charge in [-0.1, -0.05) is 0 Å². The summed E-state index contributed by atoms with van der Waals surface area (Å²) in [4.78, 5) is 23.4. The van der Waals surface area contributed by atoms with Crippen molar-refractivity contribution in [1.82, 2.24) is 15.0 Å². The van der Waals surface area contributed by atoms with Crippen molar-refractivity contribution in [3.05, 3.63) is 24.5 Å². The lowest BCUT2D eigenvalue weighted by Gasteiger charge is -2.18. The highest BCUT2D eigenvalue weighted by Gasteiger charge is 2.19. The van der Waals surface area contributed by atoms with Crippen molar-refractivity contribution in [2.24, 2.45) is 5.92 Å². The maximum atomic E-state index is 10.9. The number of anilines is 1. The molecule has 2 unspecified atom stereocenters. The monoisotopic (exact) mass is 246 g/mol. The van der Waals surface area contributed by atoms with Gasteiger partial charge in [0.05, 0.1) is 5.92 Å². The van der Waals surface area contributed by atoms with E-state index in [-0.39, 0.29) is 6.04 Å². The first-order valence-corrected chi connectivity index (χ1v) is 5.65. The van der Waals surface area contributed by atoms with Crippen molar-refractivity contribution in [3.63, 3.8) is 0 Å². The van der Waals surface area contributed by atoms with Gasteiger partial charge in [0.1, 0.15) is 11.3 Å². The minimum Gasteiger partial charge on any atom is -0.481 e. The van der Waals surface area contributed by atoms with Gasteiger partial charge < -0.3 is 10.4 Å². The third-order valence-electron chi connectivity index (χ3n) is 2.85. The van der Waals surface area contributed by atoms with Crippen LogP contribution in [-0.4, -0.2) is 32.1 Å². The van der Waals surface area contributed by atoms with Crippen LogP contribution in [0.15, 0.2) is 24.5 Å². The van der Waals surface area contributed by atoms with E-state index in [0.29, 0.717) is 17.0 Å². The molecule has 0 saturated heterocycles. The van der Waals surface area contributed by atoms with E-state index in [1.54, 1.807) is 38.4 Å². The second-order valence-electron chi connectivity index (χ2n) is 4.16. The molecule has 6 heteroatoms. The highest BCUT2D eigenvalue weighted by Crippen LogP contribution is 2.14. The maximum Gasteiger partial charge on any atom is 0.308 e. The summed E-state index contributed by atoms with van der Waals surface area (Å²) < 4.78 is 0. The lowest BCUT2D eigenvalue weighted by atomic mass is 10.0. The molecular formula is C12H14N4O2. The van der Waals surface area contributed by atoms with Gasteiger partial charge in [-0.2, -0.15) is 0 Å². The smallest absolute Gasteiger partial charge is 0.308 e. The topological polar surface area (TPSA) is 88.0 Å². The molecule has 6 nitrogen and oxygen atoms in total. The molecule has 0 aromatic carbocycles. The van der Waals surface area contributed by atoms with E-state index in [4.69, 9.17) is 5.11 Å². The summed E-state index contributed by atoms with van der Waals surface area (Å²) in [6.07, 6.45) is 3.18. The summed E-state index contributed by atoms with van der Waals surface area (Å²) in [6, 6.07) is 3.35. The zero-order valence-corrected chi connectivity index (χ0v) is 10.2. The quantitative estimate of drug-likeness (QED) is 0.850. The first-order chi connectivity index (χ1) is 8.58. The first kappa shape index (κ1) is 12.2. The Labute approximate surface area is 104 Å². The first-order valence-electron chi connectivity index (χ1n) is 5.65. The summed E-state index contributed by atoms with van der Waals surface area (Å²) in [5.74, 6) is -0.733. The predicted molar refractivity (Wildman–Crippen MR) is 67.2 cm³/mol. The van der Waals surface area contributed by atoms with Crippen LogP contribution in [0.2, 0.25) is 0 Å². The molecule has 0 bridgehead atoms. The van der Waals surface area contributed by atoms with Crippen molar-refractivity contribution in [2.45, 2.75) is 19.9 Å². The molecule has 2 aromatic rings. The molecule has 18 heavy (non-hydrogen) atoms. The van der Waals surface area contributed by atoms with Crippen LogP contribution in [0, 0.1) is 5.92 Å². The van der Waals surface area contributed by atoms with E-state index >= 15 is 0 Å². The van der Waals surface area contributed by atoms with Crippen molar-refractivity contribution in [1.29, 1.82) is 0 Å². The third-order valence-corrected chi connectivity index (χ3v) is 2.85. The third kappa shape index (κ3) is 2.53. The number of fused-ring (bicyclic) bond motifs is 1. The van der Waals surface area contributed by atoms with Crippen LogP contribution >= 0.6 is 0 Å². The van der Waals surface area contributed by atoms with Gasteiger partial charge in [-0.05, 0) is 26.0 Å². The van der Waals surface area contributed by atoms with Crippen LogP contribution < -0.4 is 5.32 Å². The summed E-state index contributed by atoms with van der Waals surface area (Å²) in [5, 5.41) is 12.0. The summed E-state index contributed by atoms with van der Waals surface area (Å²) in [5.41, 5.74) is 1.25. The number of carbonyl (C=O) groups is 1. The van der Waals surface area contributed by atoms with Gasteiger partial charge >= 0.3 is 5.97 Å². The number of hydrogen-bond acceptors (Lipinski definition) is 5.